The second-order valence-electron chi connectivity index (χ2n) is 3.84. The molecular weight excluding hydrogens is 328 g/mol. The molecule has 0 atom stereocenters. The number of nitrogen functional groups attached to an aromatic ring is 1. The molecule has 0 saturated heterocycles. The lowest BCUT2D eigenvalue weighted by atomic mass is 10.2. The Labute approximate surface area is 122 Å². The monoisotopic (exact) mass is 336 g/mol. The molecule has 7 nitrogen and oxygen atoms in total. The molecule has 102 valence electrons. The highest BCUT2D eigenvalue weighted by molar-refractivity contribution is 9.10. The van der Waals surface area contributed by atoms with Crippen LogP contribution < -0.4 is 11.1 Å². The van der Waals surface area contributed by atoms with E-state index in [4.69, 9.17) is 5.73 Å². The lowest BCUT2D eigenvalue weighted by Crippen LogP contribution is -2.15. The third kappa shape index (κ3) is 3.09. The summed E-state index contributed by atoms with van der Waals surface area (Å²) in [5.74, 6) is -0.619. The van der Waals surface area contributed by atoms with Gasteiger partial charge in [-0.05, 0) is 24.3 Å². The van der Waals surface area contributed by atoms with Crippen LogP contribution in [-0.2, 0) is 0 Å². The number of halogens is 1. The summed E-state index contributed by atoms with van der Waals surface area (Å²) in [5, 5.41) is 13.3. The molecule has 1 amide bonds. The number of benzene rings is 1. The number of nitro groups is 1. The zero-order chi connectivity index (χ0) is 14.7. The van der Waals surface area contributed by atoms with E-state index in [0.29, 0.717) is 5.69 Å². The number of hydrogen-bond acceptors (Lipinski definition) is 5. The van der Waals surface area contributed by atoms with Crippen molar-refractivity contribution in [2.24, 2.45) is 0 Å². The van der Waals surface area contributed by atoms with Crippen molar-refractivity contribution in [2.75, 3.05) is 11.1 Å². The molecule has 20 heavy (non-hydrogen) atoms. The minimum atomic E-state index is -0.636. The average Bonchev–Trinajstić information content (AvgIpc) is 2.41. The molecule has 0 aliphatic heterocycles. The van der Waals surface area contributed by atoms with Crippen molar-refractivity contribution in [2.45, 2.75) is 0 Å². The standard InChI is InChI=1S/C12H9BrN4O3/c13-7-1-3-8(4-2-7)16-12(18)10-5-9(17(19)20)6-15-11(10)14/h1-6H,(H2,14,15)(H,16,18). The Morgan fingerprint density at radius 3 is 2.60 bits per heavy atom. The van der Waals surface area contributed by atoms with Crippen molar-refractivity contribution in [1.82, 2.24) is 4.98 Å². The number of anilines is 2. The molecule has 0 radical (unpaired) electrons. The molecular formula is C12H9BrN4O3. The van der Waals surface area contributed by atoms with E-state index in [1.165, 1.54) is 0 Å². The van der Waals surface area contributed by atoms with Crippen LogP contribution in [0.15, 0.2) is 41.0 Å². The Morgan fingerprint density at radius 1 is 1.35 bits per heavy atom. The SMILES string of the molecule is Nc1ncc([N+](=O)[O-])cc1C(=O)Nc1ccc(Br)cc1. The van der Waals surface area contributed by atoms with Crippen LogP contribution >= 0.6 is 15.9 Å². The molecule has 1 aromatic carbocycles. The van der Waals surface area contributed by atoms with Gasteiger partial charge in [0, 0.05) is 16.2 Å². The van der Waals surface area contributed by atoms with Crippen LogP contribution in [0, 0.1) is 10.1 Å². The van der Waals surface area contributed by atoms with Gasteiger partial charge >= 0.3 is 0 Å². The Bertz CT molecular complexity index is 673. The molecule has 1 aromatic heterocycles. The molecule has 0 aliphatic carbocycles. The number of aromatic nitrogens is 1. The molecule has 0 saturated carbocycles. The number of pyridine rings is 1. The highest BCUT2D eigenvalue weighted by Crippen LogP contribution is 2.19. The number of carbonyl (C=O) groups is 1. The van der Waals surface area contributed by atoms with Gasteiger partial charge in [0.05, 0.1) is 10.5 Å². The number of carbonyl (C=O) groups excluding carboxylic acids is 1. The second kappa shape index (κ2) is 5.66. The van der Waals surface area contributed by atoms with Gasteiger partial charge in [-0.2, -0.15) is 0 Å². The molecule has 0 bridgehead atoms. The molecule has 0 aliphatic rings. The highest BCUT2D eigenvalue weighted by Gasteiger charge is 2.16. The van der Waals surface area contributed by atoms with Gasteiger partial charge in [0.25, 0.3) is 11.6 Å². The maximum atomic E-state index is 12.0. The summed E-state index contributed by atoms with van der Waals surface area (Å²) < 4.78 is 0.868. The molecule has 0 spiro atoms. The van der Waals surface area contributed by atoms with E-state index in [-0.39, 0.29) is 17.1 Å². The summed E-state index contributed by atoms with van der Waals surface area (Å²) in [6.07, 6.45) is 1.01. The van der Waals surface area contributed by atoms with Crippen LogP contribution in [0.2, 0.25) is 0 Å². The Balaban J connectivity index is 2.26. The van der Waals surface area contributed by atoms with Gasteiger partial charge in [-0.1, -0.05) is 15.9 Å². The predicted octanol–water partition coefficient (Wildman–Crippen LogP) is 2.59. The minimum Gasteiger partial charge on any atom is -0.383 e. The molecule has 2 aromatic rings. The fourth-order valence-corrected chi connectivity index (χ4v) is 1.74. The third-order valence-electron chi connectivity index (χ3n) is 2.46. The zero-order valence-corrected chi connectivity index (χ0v) is 11.6. The van der Waals surface area contributed by atoms with E-state index >= 15 is 0 Å². The maximum absolute atomic E-state index is 12.0. The summed E-state index contributed by atoms with van der Waals surface area (Å²) >= 11 is 3.28. The zero-order valence-electron chi connectivity index (χ0n) is 10.0. The van der Waals surface area contributed by atoms with Crippen molar-refractivity contribution in [1.29, 1.82) is 0 Å². The van der Waals surface area contributed by atoms with Crippen molar-refractivity contribution in [3.8, 4) is 0 Å². The molecule has 0 fully saturated rings. The number of nitrogens with two attached hydrogens (primary N) is 1. The first-order chi connectivity index (χ1) is 9.47. The topological polar surface area (TPSA) is 111 Å². The first-order valence-corrected chi connectivity index (χ1v) is 6.23. The van der Waals surface area contributed by atoms with E-state index in [9.17, 15) is 14.9 Å². The largest absolute Gasteiger partial charge is 0.383 e. The number of rotatable bonds is 3. The Morgan fingerprint density at radius 2 is 2.00 bits per heavy atom. The Kier molecular flexibility index (Phi) is 3.94. The summed E-state index contributed by atoms with van der Waals surface area (Å²) in [6, 6.07) is 7.97. The first kappa shape index (κ1) is 13.9. The van der Waals surface area contributed by atoms with Crippen molar-refractivity contribution < 1.29 is 9.72 Å². The van der Waals surface area contributed by atoms with Gasteiger partial charge < -0.3 is 11.1 Å². The fraction of sp³-hybridized carbons (Fsp3) is 0. The van der Waals surface area contributed by atoms with Crippen molar-refractivity contribution in [3.63, 3.8) is 0 Å². The molecule has 0 unspecified atom stereocenters. The van der Waals surface area contributed by atoms with Gasteiger partial charge in [0.1, 0.15) is 12.0 Å². The van der Waals surface area contributed by atoms with Crippen LogP contribution in [0.4, 0.5) is 17.2 Å². The van der Waals surface area contributed by atoms with Crippen LogP contribution in [0.3, 0.4) is 0 Å². The molecule has 1 heterocycles. The van der Waals surface area contributed by atoms with E-state index in [1.54, 1.807) is 24.3 Å². The smallest absolute Gasteiger partial charge is 0.288 e. The minimum absolute atomic E-state index is 0.0397. The van der Waals surface area contributed by atoms with Crippen LogP contribution in [-0.4, -0.2) is 15.8 Å². The summed E-state index contributed by atoms with van der Waals surface area (Å²) in [5.41, 5.74) is 5.78. The van der Waals surface area contributed by atoms with E-state index in [0.717, 1.165) is 16.7 Å². The first-order valence-electron chi connectivity index (χ1n) is 5.44. The summed E-state index contributed by atoms with van der Waals surface area (Å²) in [4.78, 5) is 25.7. The van der Waals surface area contributed by atoms with Crippen LogP contribution in [0.5, 0.6) is 0 Å². The number of hydrogen-bond donors (Lipinski definition) is 2. The van der Waals surface area contributed by atoms with E-state index in [1.807, 2.05) is 0 Å². The third-order valence-corrected chi connectivity index (χ3v) is 2.99. The van der Waals surface area contributed by atoms with Crippen LogP contribution in [0.1, 0.15) is 10.4 Å². The van der Waals surface area contributed by atoms with Crippen LogP contribution in [0.25, 0.3) is 0 Å². The molecule has 3 N–H and O–H groups in total. The number of nitrogens with one attached hydrogen (secondary N) is 1. The molecule has 2 rings (SSSR count). The summed E-state index contributed by atoms with van der Waals surface area (Å²) in [6.45, 7) is 0. The Hall–Kier alpha value is -2.48. The molecule has 8 heteroatoms. The van der Waals surface area contributed by atoms with Gasteiger partial charge in [-0.25, -0.2) is 4.98 Å². The van der Waals surface area contributed by atoms with Crippen molar-refractivity contribution in [3.05, 3.63) is 56.7 Å². The lowest BCUT2D eigenvalue weighted by Gasteiger charge is -2.06. The van der Waals surface area contributed by atoms with E-state index < -0.39 is 10.8 Å². The van der Waals surface area contributed by atoms with Gasteiger partial charge in [0.2, 0.25) is 0 Å². The predicted molar refractivity (Wildman–Crippen MR) is 77.4 cm³/mol. The normalized spacial score (nSPS) is 10.1. The van der Waals surface area contributed by atoms with Gasteiger partial charge in [0.15, 0.2) is 0 Å². The highest BCUT2D eigenvalue weighted by atomic mass is 79.9. The van der Waals surface area contributed by atoms with Gasteiger partial charge in [-0.15, -0.1) is 0 Å². The fourth-order valence-electron chi connectivity index (χ4n) is 1.48. The van der Waals surface area contributed by atoms with E-state index in [2.05, 4.69) is 26.2 Å². The van der Waals surface area contributed by atoms with Gasteiger partial charge in [-0.3, -0.25) is 14.9 Å². The lowest BCUT2D eigenvalue weighted by molar-refractivity contribution is -0.385. The summed E-state index contributed by atoms with van der Waals surface area (Å²) in [7, 11) is 0. The van der Waals surface area contributed by atoms with Crippen molar-refractivity contribution >= 4 is 39.0 Å². The quantitative estimate of drug-likeness (QED) is 0.660. The number of nitrogens with zero attached hydrogens (tertiary/aromatic N) is 2. The maximum Gasteiger partial charge on any atom is 0.288 e. The number of amides is 1. The second-order valence-corrected chi connectivity index (χ2v) is 4.76. The average molecular weight is 337 g/mol.